The second kappa shape index (κ2) is 16.6. The van der Waals surface area contributed by atoms with Crippen LogP contribution in [0, 0.1) is 18.3 Å². The number of aromatic hydroxyl groups is 2. The summed E-state index contributed by atoms with van der Waals surface area (Å²) in [5, 5.41) is 35.1. The topological polar surface area (TPSA) is 214 Å². The number of nitrogens with two attached hydrogens (primary N) is 1. The maximum absolute atomic E-state index is 13.3. The molecule has 59 heavy (non-hydrogen) atoms. The van der Waals surface area contributed by atoms with Gasteiger partial charge in [0, 0.05) is 57.5 Å². The summed E-state index contributed by atoms with van der Waals surface area (Å²) in [4.78, 5) is 54.8. The van der Waals surface area contributed by atoms with E-state index in [2.05, 4.69) is 20.5 Å². The first-order valence-corrected chi connectivity index (χ1v) is 19.2. The molecule has 5 aromatic rings. The van der Waals surface area contributed by atoms with Crippen LogP contribution in [-0.4, -0.2) is 77.7 Å². The lowest BCUT2D eigenvalue weighted by molar-refractivity contribution is -0.125. The number of ether oxygens (including phenoxy) is 1. The van der Waals surface area contributed by atoms with Crippen molar-refractivity contribution in [2.75, 3.05) is 58.7 Å². The average molecular weight is 799 g/mol. The van der Waals surface area contributed by atoms with Crippen molar-refractivity contribution >= 4 is 63.9 Å². The van der Waals surface area contributed by atoms with Crippen LogP contribution in [-0.2, 0) is 11.3 Å². The van der Waals surface area contributed by atoms with Crippen molar-refractivity contribution in [3.63, 3.8) is 0 Å². The number of anilines is 7. The van der Waals surface area contributed by atoms with Gasteiger partial charge in [-0.3, -0.25) is 15.0 Å². The third kappa shape index (κ3) is 8.10. The molecule has 16 nitrogen and oxygen atoms in total. The number of amides is 4. The summed E-state index contributed by atoms with van der Waals surface area (Å²) >= 11 is 0. The number of benzene rings is 4. The molecule has 2 aliphatic heterocycles. The van der Waals surface area contributed by atoms with Crippen molar-refractivity contribution in [3.8, 4) is 17.2 Å². The number of hydrogen-bond acceptors (Lipinski definition) is 12. The summed E-state index contributed by atoms with van der Waals surface area (Å²) in [6.45, 7) is 5.58. The summed E-state index contributed by atoms with van der Waals surface area (Å²) in [5.41, 5.74) is 10.7. The van der Waals surface area contributed by atoms with E-state index in [4.69, 9.17) is 20.9 Å². The predicted octanol–water partition coefficient (Wildman–Crippen LogP) is 6.14. The zero-order chi connectivity index (χ0) is 42.0. The summed E-state index contributed by atoms with van der Waals surface area (Å²) in [5.74, 6) is 0.349. The Hall–Kier alpha value is -7.36. The highest BCUT2D eigenvalue weighted by Gasteiger charge is 2.30. The molecule has 1 aromatic heterocycles. The van der Waals surface area contributed by atoms with Gasteiger partial charge in [-0.05, 0) is 80.3 Å². The van der Waals surface area contributed by atoms with Crippen LogP contribution in [0.5, 0.6) is 17.2 Å². The number of primary amides is 1. The highest BCUT2D eigenvalue weighted by molar-refractivity contribution is 6.22. The van der Waals surface area contributed by atoms with Crippen molar-refractivity contribution in [1.29, 1.82) is 5.41 Å². The highest BCUT2D eigenvalue weighted by atomic mass is 16.5. The number of hydrogen-bond donors (Lipinski definition) is 6. The van der Waals surface area contributed by atoms with Crippen LogP contribution in [0.4, 0.5) is 45.0 Å². The van der Waals surface area contributed by atoms with Crippen molar-refractivity contribution < 1.29 is 29.3 Å². The third-order valence-electron chi connectivity index (χ3n) is 10.6. The number of nitrogens with one attached hydrogen (secondary N) is 3. The van der Waals surface area contributed by atoms with Gasteiger partial charge >= 0.3 is 6.03 Å². The minimum absolute atomic E-state index is 0.0340. The summed E-state index contributed by atoms with van der Waals surface area (Å²) < 4.78 is 6.06. The normalized spacial score (nSPS) is 13.9. The lowest BCUT2D eigenvalue weighted by Gasteiger charge is -2.33. The van der Waals surface area contributed by atoms with Gasteiger partial charge in [-0.25, -0.2) is 14.7 Å². The van der Waals surface area contributed by atoms with Gasteiger partial charge < -0.3 is 46.0 Å². The van der Waals surface area contributed by atoms with Crippen LogP contribution in [0.1, 0.15) is 46.8 Å². The van der Waals surface area contributed by atoms with Gasteiger partial charge in [-0.2, -0.15) is 4.98 Å². The monoisotopic (exact) mass is 798 g/mol. The van der Waals surface area contributed by atoms with Crippen molar-refractivity contribution in [1.82, 2.24) is 15.3 Å². The van der Waals surface area contributed by atoms with Crippen LogP contribution in [0.3, 0.4) is 0 Å². The first kappa shape index (κ1) is 39.9. The smallest absolute Gasteiger partial charge is 0.325 e. The number of aromatic nitrogens is 2. The number of piperidine rings is 1. The molecule has 0 atom stereocenters. The summed E-state index contributed by atoms with van der Waals surface area (Å²) in [6, 6.07) is 21.6. The number of fused-ring (bicyclic) bond motifs is 2. The molecular formula is C43H46N10O6. The molecule has 4 amide bonds. The highest BCUT2D eigenvalue weighted by Crippen LogP contribution is 2.39. The fourth-order valence-electron chi connectivity index (χ4n) is 7.33. The molecule has 304 valence electrons. The van der Waals surface area contributed by atoms with Crippen LogP contribution in [0.15, 0.2) is 85.1 Å². The van der Waals surface area contributed by atoms with E-state index in [-0.39, 0.29) is 47.2 Å². The Labute approximate surface area is 341 Å². The maximum Gasteiger partial charge on any atom is 0.325 e. The molecule has 7 rings (SSSR count). The van der Waals surface area contributed by atoms with Crippen molar-refractivity contribution in [3.05, 3.63) is 107 Å². The van der Waals surface area contributed by atoms with E-state index in [0.29, 0.717) is 78.2 Å². The molecule has 0 radical (unpaired) electrons. The molecule has 1 fully saturated rings. The lowest BCUT2D eigenvalue weighted by atomic mass is 9.95. The number of amidine groups is 1. The second-order valence-corrected chi connectivity index (χ2v) is 14.4. The predicted molar refractivity (Wildman–Crippen MR) is 227 cm³/mol. The van der Waals surface area contributed by atoms with Gasteiger partial charge in [0.05, 0.1) is 41.0 Å². The van der Waals surface area contributed by atoms with E-state index in [1.807, 2.05) is 55.3 Å². The third-order valence-corrected chi connectivity index (χ3v) is 10.6. The molecule has 3 heterocycles. The molecule has 4 aromatic carbocycles. The minimum atomic E-state index is -0.918. The number of rotatable bonds is 10. The van der Waals surface area contributed by atoms with E-state index in [1.54, 1.807) is 55.4 Å². The number of aryl methyl sites for hydroxylation is 1. The average Bonchev–Trinajstić information content (AvgIpc) is 3.31. The van der Waals surface area contributed by atoms with Gasteiger partial charge in [0.25, 0.3) is 5.91 Å². The first-order chi connectivity index (χ1) is 28.3. The van der Waals surface area contributed by atoms with Crippen molar-refractivity contribution in [2.45, 2.75) is 33.2 Å². The van der Waals surface area contributed by atoms with Gasteiger partial charge in [-0.15, -0.1) is 0 Å². The van der Waals surface area contributed by atoms with E-state index in [0.717, 1.165) is 27.9 Å². The van der Waals surface area contributed by atoms with Crippen LogP contribution in [0.25, 0.3) is 0 Å². The molecule has 16 heteroatoms. The zero-order valence-electron chi connectivity index (χ0n) is 33.2. The Morgan fingerprint density at radius 2 is 1.69 bits per heavy atom. The zero-order valence-corrected chi connectivity index (χ0v) is 33.2. The van der Waals surface area contributed by atoms with Crippen LogP contribution in [0.2, 0.25) is 0 Å². The van der Waals surface area contributed by atoms with Crippen LogP contribution >= 0.6 is 0 Å². The number of nitrogens with zero attached hydrogens (tertiary/aromatic N) is 6. The van der Waals surface area contributed by atoms with Gasteiger partial charge in [0.1, 0.15) is 28.8 Å². The largest absolute Gasteiger partial charge is 0.508 e. The minimum Gasteiger partial charge on any atom is -0.508 e. The van der Waals surface area contributed by atoms with Crippen LogP contribution < -0.4 is 40.7 Å². The van der Waals surface area contributed by atoms with Gasteiger partial charge in [0.2, 0.25) is 11.9 Å². The van der Waals surface area contributed by atoms with Gasteiger partial charge in [0.15, 0.2) is 5.82 Å². The van der Waals surface area contributed by atoms with Crippen molar-refractivity contribution in [2.24, 2.45) is 11.7 Å². The molecule has 7 N–H and O–H groups in total. The molecule has 0 unspecified atom stereocenters. The van der Waals surface area contributed by atoms with E-state index < -0.39 is 6.03 Å². The second-order valence-electron chi connectivity index (χ2n) is 14.4. The summed E-state index contributed by atoms with van der Waals surface area (Å²) in [6.07, 6.45) is 2.95. The van der Waals surface area contributed by atoms with E-state index >= 15 is 0 Å². The molecule has 0 aliphatic carbocycles. The molecule has 2 aliphatic rings. The molecule has 0 bridgehead atoms. The Morgan fingerprint density at radius 1 is 0.966 bits per heavy atom. The van der Waals surface area contributed by atoms with Gasteiger partial charge in [-0.1, -0.05) is 24.3 Å². The molecule has 1 saturated heterocycles. The Balaban J connectivity index is 0.959. The number of urea groups is 1. The lowest BCUT2D eigenvalue weighted by Crippen LogP contribution is -2.41. The molecule has 0 saturated carbocycles. The Kier molecular flexibility index (Phi) is 11.2. The molecule has 0 spiro atoms. The summed E-state index contributed by atoms with van der Waals surface area (Å²) in [7, 11) is 3.59. The van der Waals surface area contributed by atoms with E-state index in [1.165, 1.54) is 6.07 Å². The molecular weight excluding hydrogens is 753 g/mol. The quantitative estimate of drug-likeness (QED) is 0.0698. The fraction of sp³-hybridized carbons (Fsp3) is 0.256. The SMILES string of the molecule is CCOc1cc(N2CCC(C(=O)NCc3ccc(N(C(=N)c4cc(C)c(O)cc4O)C(N)=O)cc3)CC2)ccc1Nc1ncc2c(n1)N(C)c1ccccc1C(=O)N2C. The Bertz CT molecular complexity index is 2430. The fourth-order valence-corrected chi connectivity index (χ4v) is 7.33. The number of para-hydroxylation sites is 1. The first-order valence-electron chi connectivity index (χ1n) is 19.2. The number of carbonyl (C=O) groups excluding carboxylic acids is 3. The number of phenols is 2. The Morgan fingerprint density at radius 3 is 2.41 bits per heavy atom. The maximum atomic E-state index is 13.3. The number of phenolic OH excluding ortho intramolecular Hbond substituents is 2. The standard InChI is InChI=1S/C43H46N10O6/c1-5-59-37-21-29(14-15-32(37)48-43-47-24-34-39(49-43)50(3)33-9-7-6-8-30(33)41(57)51(34)4)52-18-16-27(17-19-52)40(56)46-23-26-10-12-28(13-11-26)53(42(45)58)38(44)31-20-25(2)35(54)22-36(31)55/h6-15,20-22,24,27,44,54-55H,5,16-19,23H2,1-4H3,(H2,45,58)(H,46,56)(H,47,48,49). The number of carbonyl (C=O) groups is 3. The van der Waals surface area contributed by atoms with E-state index in [9.17, 15) is 24.6 Å².